The number of hydrogen-bond acceptors (Lipinski definition) is 2. The molecule has 0 spiro atoms. The highest BCUT2D eigenvalue weighted by Crippen LogP contribution is 2.22. The highest BCUT2D eigenvalue weighted by molar-refractivity contribution is 5.99. The summed E-state index contributed by atoms with van der Waals surface area (Å²) < 4.78 is 0. The fourth-order valence-electron chi connectivity index (χ4n) is 2.72. The number of nitrogens with zero attached hydrogens (tertiary/aromatic N) is 1. The molecule has 0 unspecified atom stereocenters. The maximum absolute atomic E-state index is 12.1. The molecule has 4 heteroatoms. The molecule has 0 radical (unpaired) electrons. The van der Waals surface area contributed by atoms with E-state index in [0.717, 1.165) is 22.0 Å². The first-order valence-corrected chi connectivity index (χ1v) is 8.41. The minimum absolute atomic E-state index is 0.115. The van der Waals surface area contributed by atoms with Gasteiger partial charge in [-0.05, 0) is 22.6 Å². The van der Waals surface area contributed by atoms with E-state index < -0.39 is 0 Å². The molecule has 1 amide bonds. The summed E-state index contributed by atoms with van der Waals surface area (Å²) >= 11 is 0. The topological polar surface area (TPSA) is 57.2 Å². The van der Waals surface area contributed by atoms with Crippen LogP contribution in [0.15, 0.2) is 59.8 Å². The maximum atomic E-state index is 12.1. The molecule has 0 aliphatic carbocycles. The van der Waals surface area contributed by atoms with Gasteiger partial charge in [0.15, 0.2) is 0 Å². The van der Waals surface area contributed by atoms with E-state index in [9.17, 15) is 4.79 Å². The molecule has 0 fully saturated rings. The van der Waals surface area contributed by atoms with Crippen molar-refractivity contribution in [1.29, 1.82) is 0 Å². The fourth-order valence-corrected chi connectivity index (χ4v) is 2.72. The van der Waals surface area contributed by atoms with Gasteiger partial charge in [0.1, 0.15) is 0 Å². The van der Waals surface area contributed by atoms with Gasteiger partial charge in [0.05, 0.1) is 12.6 Å². The van der Waals surface area contributed by atoms with Crippen molar-refractivity contribution in [1.82, 2.24) is 10.4 Å². The van der Waals surface area contributed by atoms with Gasteiger partial charge in [0, 0.05) is 22.7 Å². The lowest BCUT2D eigenvalue weighted by Gasteiger charge is -2.19. The molecule has 0 aliphatic heterocycles. The van der Waals surface area contributed by atoms with E-state index in [-0.39, 0.29) is 11.3 Å². The van der Waals surface area contributed by atoms with Crippen molar-refractivity contribution in [2.75, 3.05) is 0 Å². The lowest BCUT2D eigenvalue weighted by atomic mass is 9.86. The molecular formula is C21H23N3O. The SMILES string of the molecule is CC(C)(C)c1ccc(CC(=O)N/N=C\c2c[nH]c3ccccc23)cc1. The number of benzene rings is 2. The molecule has 0 saturated heterocycles. The summed E-state index contributed by atoms with van der Waals surface area (Å²) in [5, 5.41) is 5.15. The second-order valence-electron chi connectivity index (χ2n) is 7.21. The van der Waals surface area contributed by atoms with Crippen molar-refractivity contribution in [3.05, 3.63) is 71.4 Å². The molecule has 0 saturated carbocycles. The Morgan fingerprint density at radius 2 is 1.84 bits per heavy atom. The summed E-state index contributed by atoms with van der Waals surface area (Å²) in [6, 6.07) is 16.2. The van der Waals surface area contributed by atoms with Gasteiger partial charge in [0.25, 0.3) is 0 Å². The van der Waals surface area contributed by atoms with Crippen LogP contribution in [-0.2, 0) is 16.6 Å². The number of carbonyl (C=O) groups is 1. The summed E-state index contributed by atoms with van der Waals surface area (Å²) in [4.78, 5) is 15.2. The van der Waals surface area contributed by atoms with Crippen LogP contribution >= 0.6 is 0 Å². The third-order valence-corrected chi connectivity index (χ3v) is 4.20. The molecule has 3 aromatic rings. The largest absolute Gasteiger partial charge is 0.361 e. The van der Waals surface area contributed by atoms with Gasteiger partial charge in [-0.2, -0.15) is 5.10 Å². The molecular weight excluding hydrogens is 310 g/mol. The standard InChI is InChI=1S/C21H23N3O/c1-21(2,3)17-10-8-15(9-11-17)12-20(25)24-23-14-16-13-22-19-7-5-4-6-18(16)19/h4-11,13-14,22H,12H2,1-3H3,(H,24,25)/b23-14-. The predicted octanol–water partition coefficient (Wildman–Crippen LogP) is 4.16. The van der Waals surface area contributed by atoms with E-state index in [4.69, 9.17) is 0 Å². The molecule has 1 heterocycles. The summed E-state index contributed by atoms with van der Waals surface area (Å²) in [5.74, 6) is -0.125. The number of aromatic nitrogens is 1. The van der Waals surface area contributed by atoms with Gasteiger partial charge in [-0.1, -0.05) is 63.2 Å². The zero-order valence-corrected chi connectivity index (χ0v) is 14.8. The van der Waals surface area contributed by atoms with Gasteiger partial charge in [0.2, 0.25) is 5.91 Å². The van der Waals surface area contributed by atoms with Gasteiger partial charge >= 0.3 is 0 Å². The van der Waals surface area contributed by atoms with Crippen molar-refractivity contribution < 1.29 is 4.79 Å². The molecule has 3 rings (SSSR count). The second-order valence-corrected chi connectivity index (χ2v) is 7.21. The van der Waals surface area contributed by atoms with Crippen LogP contribution < -0.4 is 5.43 Å². The number of para-hydroxylation sites is 1. The Bertz CT molecular complexity index is 899. The Morgan fingerprint density at radius 1 is 1.12 bits per heavy atom. The molecule has 1 aromatic heterocycles. The predicted molar refractivity (Wildman–Crippen MR) is 103 cm³/mol. The van der Waals surface area contributed by atoms with Crippen molar-refractivity contribution >= 4 is 23.0 Å². The normalized spacial score (nSPS) is 12.0. The number of aromatic amines is 1. The molecule has 4 nitrogen and oxygen atoms in total. The third kappa shape index (κ3) is 4.15. The van der Waals surface area contributed by atoms with Crippen LogP contribution in [0.4, 0.5) is 0 Å². The van der Waals surface area contributed by atoms with Crippen molar-refractivity contribution in [2.45, 2.75) is 32.6 Å². The minimum atomic E-state index is -0.125. The minimum Gasteiger partial charge on any atom is -0.361 e. The van der Waals surface area contributed by atoms with E-state index in [1.807, 2.05) is 42.6 Å². The van der Waals surface area contributed by atoms with Gasteiger partial charge < -0.3 is 4.98 Å². The second kappa shape index (κ2) is 6.93. The molecule has 2 aromatic carbocycles. The Hall–Kier alpha value is -2.88. The van der Waals surface area contributed by atoms with E-state index in [1.165, 1.54) is 5.56 Å². The van der Waals surface area contributed by atoms with Gasteiger partial charge in [-0.3, -0.25) is 4.79 Å². The van der Waals surface area contributed by atoms with Crippen LogP contribution in [0, 0.1) is 0 Å². The first kappa shape index (κ1) is 17.0. The zero-order valence-electron chi connectivity index (χ0n) is 14.8. The number of H-pyrrole nitrogens is 1. The molecule has 128 valence electrons. The van der Waals surface area contributed by atoms with E-state index in [1.54, 1.807) is 6.21 Å². The van der Waals surface area contributed by atoms with Crippen LogP contribution in [0.5, 0.6) is 0 Å². The van der Waals surface area contributed by atoms with Crippen LogP contribution in [0.1, 0.15) is 37.5 Å². The van der Waals surface area contributed by atoms with Crippen LogP contribution in [0.2, 0.25) is 0 Å². The molecule has 0 aliphatic rings. The quantitative estimate of drug-likeness (QED) is 0.547. The van der Waals surface area contributed by atoms with Gasteiger partial charge in [-0.25, -0.2) is 5.43 Å². The van der Waals surface area contributed by atoms with Crippen LogP contribution in [0.25, 0.3) is 10.9 Å². The average molecular weight is 333 g/mol. The number of rotatable bonds is 4. The molecule has 0 bridgehead atoms. The lowest BCUT2D eigenvalue weighted by Crippen LogP contribution is -2.20. The van der Waals surface area contributed by atoms with E-state index in [2.05, 4.69) is 48.4 Å². The first-order chi connectivity index (χ1) is 11.9. The number of hydrogen-bond donors (Lipinski definition) is 2. The Kier molecular flexibility index (Phi) is 4.70. The maximum Gasteiger partial charge on any atom is 0.244 e. The van der Waals surface area contributed by atoms with E-state index in [0.29, 0.717) is 6.42 Å². The monoisotopic (exact) mass is 333 g/mol. The highest BCUT2D eigenvalue weighted by Gasteiger charge is 2.13. The average Bonchev–Trinajstić information content (AvgIpc) is 2.98. The lowest BCUT2D eigenvalue weighted by molar-refractivity contribution is -0.120. The Balaban J connectivity index is 1.59. The van der Waals surface area contributed by atoms with Crippen molar-refractivity contribution in [2.24, 2.45) is 5.10 Å². The molecule has 2 N–H and O–H groups in total. The Morgan fingerprint density at radius 3 is 2.56 bits per heavy atom. The van der Waals surface area contributed by atoms with Crippen molar-refractivity contribution in [3.8, 4) is 0 Å². The first-order valence-electron chi connectivity index (χ1n) is 8.41. The number of amides is 1. The number of nitrogens with one attached hydrogen (secondary N) is 2. The van der Waals surface area contributed by atoms with E-state index >= 15 is 0 Å². The smallest absolute Gasteiger partial charge is 0.244 e. The summed E-state index contributed by atoms with van der Waals surface area (Å²) in [5.41, 5.74) is 6.95. The zero-order chi connectivity index (χ0) is 17.9. The number of hydrazone groups is 1. The van der Waals surface area contributed by atoms with Crippen molar-refractivity contribution in [3.63, 3.8) is 0 Å². The third-order valence-electron chi connectivity index (χ3n) is 4.20. The summed E-state index contributed by atoms with van der Waals surface area (Å²) in [7, 11) is 0. The summed E-state index contributed by atoms with van der Waals surface area (Å²) in [6.07, 6.45) is 3.86. The molecule has 0 atom stereocenters. The van der Waals surface area contributed by atoms with Gasteiger partial charge in [-0.15, -0.1) is 0 Å². The fraction of sp³-hybridized carbons (Fsp3) is 0.238. The summed E-state index contributed by atoms with van der Waals surface area (Å²) in [6.45, 7) is 6.52. The highest BCUT2D eigenvalue weighted by atomic mass is 16.2. The van der Waals surface area contributed by atoms with Crippen LogP contribution in [0.3, 0.4) is 0 Å². The molecule has 25 heavy (non-hydrogen) atoms. The number of fused-ring (bicyclic) bond motifs is 1. The number of carbonyl (C=O) groups excluding carboxylic acids is 1. The van der Waals surface area contributed by atoms with Crippen LogP contribution in [-0.4, -0.2) is 17.1 Å². The Labute approximate surface area is 148 Å².